The third-order valence-electron chi connectivity index (χ3n) is 5.60. The minimum atomic E-state index is -5.08. The maximum absolute atomic E-state index is 12.4. The monoisotopic (exact) mass is 459 g/mol. The van der Waals surface area contributed by atoms with Crippen LogP contribution in [0.4, 0.5) is 13.2 Å². The van der Waals surface area contributed by atoms with Crippen molar-refractivity contribution >= 4 is 17.8 Å². The van der Waals surface area contributed by atoms with Crippen molar-refractivity contribution in [1.29, 1.82) is 0 Å². The highest BCUT2D eigenvalue weighted by molar-refractivity contribution is 5.87. The molecule has 2 saturated heterocycles. The van der Waals surface area contributed by atoms with Crippen molar-refractivity contribution in [2.75, 3.05) is 34.0 Å². The fraction of sp³-hybridized carbons (Fsp3) is 0.550. The predicted molar refractivity (Wildman–Crippen MR) is 104 cm³/mol. The molecule has 2 fully saturated rings. The molecule has 2 amide bonds. The third-order valence-corrected chi connectivity index (χ3v) is 5.60. The molecule has 12 heteroatoms. The number of halogens is 3. The Kier molecular flexibility index (Phi) is 6.82. The van der Waals surface area contributed by atoms with Gasteiger partial charge in [0.25, 0.3) is 0 Å². The van der Waals surface area contributed by atoms with Crippen molar-refractivity contribution in [2.45, 2.75) is 37.6 Å². The van der Waals surface area contributed by atoms with Gasteiger partial charge in [-0.25, -0.2) is 4.79 Å². The van der Waals surface area contributed by atoms with Crippen LogP contribution in [0, 0.1) is 0 Å². The van der Waals surface area contributed by atoms with Gasteiger partial charge < -0.3 is 24.4 Å². The standard InChI is InChI=1S/C18H23N3O4.C2HF3O2/c1-19(2)18(23)10-21-13-5-6-20(14(13)8-17(21)22)9-12-3-4-15-16(7-12)25-11-24-15;3-2(4,5)1(6)7/h3-4,7,13-14H,5-6,8-11H2,1-2H3;(H,6,7)/t13-,14+;/m0./s1. The molecule has 3 aliphatic heterocycles. The average Bonchev–Trinajstić information content (AvgIpc) is 3.39. The van der Waals surface area contributed by atoms with E-state index in [-0.39, 0.29) is 37.2 Å². The summed E-state index contributed by atoms with van der Waals surface area (Å²) in [4.78, 5) is 39.0. The number of likely N-dealkylation sites (N-methyl/N-ethyl adjacent to an activating group) is 1. The molecule has 0 saturated carbocycles. The Labute approximate surface area is 182 Å². The number of hydrogen-bond acceptors (Lipinski definition) is 6. The second kappa shape index (κ2) is 9.23. The van der Waals surface area contributed by atoms with E-state index in [1.54, 1.807) is 23.9 Å². The van der Waals surface area contributed by atoms with Gasteiger partial charge in [0.1, 0.15) is 6.54 Å². The first-order valence-electron chi connectivity index (χ1n) is 9.89. The summed E-state index contributed by atoms with van der Waals surface area (Å²) in [6, 6.07) is 6.33. The van der Waals surface area contributed by atoms with Gasteiger partial charge in [0.15, 0.2) is 11.5 Å². The molecule has 0 bridgehead atoms. The van der Waals surface area contributed by atoms with E-state index in [1.807, 2.05) is 18.2 Å². The van der Waals surface area contributed by atoms with Crippen LogP contribution in [-0.2, 0) is 20.9 Å². The van der Waals surface area contributed by atoms with Gasteiger partial charge in [0, 0.05) is 45.7 Å². The zero-order chi connectivity index (χ0) is 23.6. The number of carboxylic acid groups (broad SMARTS) is 1. The van der Waals surface area contributed by atoms with Crippen LogP contribution in [-0.4, -0.2) is 89.8 Å². The lowest BCUT2D eigenvalue weighted by Gasteiger charge is -2.26. The average molecular weight is 459 g/mol. The molecule has 1 N–H and O–H groups in total. The van der Waals surface area contributed by atoms with Gasteiger partial charge >= 0.3 is 12.1 Å². The summed E-state index contributed by atoms with van der Waals surface area (Å²) in [6.45, 7) is 2.17. The van der Waals surface area contributed by atoms with Crippen LogP contribution in [0.15, 0.2) is 18.2 Å². The number of carbonyl (C=O) groups excluding carboxylic acids is 2. The molecule has 1 aromatic carbocycles. The first-order valence-corrected chi connectivity index (χ1v) is 9.89. The molecule has 9 nitrogen and oxygen atoms in total. The molecule has 0 unspecified atom stereocenters. The van der Waals surface area contributed by atoms with Crippen molar-refractivity contribution < 1.29 is 42.1 Å². The summed E-state index contributed by atoms with van der Waals surface area (Å²) in [6.07, 6.45) is -3.67. The molecule has 3 aliphatic rings. The lowest BCUT2D eigenvalue weighted by molar-refractivity contribution is -0.192. The number of hydrogen-bond donors (Lipinski definition) is 1. The molecule has 0 aliphatic carbocycles. The Morgan fingerprint density at radius 1 is 1.19 bits per heavy atom. The Morgan fingerprint density at radius 2 is 1.84 bits per heavy atom. The molecule has 2 atom stereocenters. The topological polar surface area (TPSA) is 99.6 Å². The zero-order valence-corrected chi connectivity index (χ0v) is 17.6. The number of alkyl halides is 3. The zero-order valence-electron chi connectivity index (χ0n) is 17.6. The summed E-state index contributed by atoms with van der Waals surface area (Å²) < 4.78 is 42.5. The van der Waals surface area contributed by atoms with Gasteiger partial charge in [0.2, 0.25) is 18.6 Å². The molecule has 32 heavy (non-hydrogen) atoms. The van der Waals surface area contributed by atoms with Gasteiger partial charge in [-0.15, -0.1) is 0 Å². The van der Waals surface area contributed by atoms with Gasteiger partial charge in [-0.1, -0.05) is 6.07 Å². The van der Waals surface area contributed by atoms with Crippen LogP contribution in [0.2, 0.25) is 0 Å². The fourth-order valence-electron chi connectivity index (χ4n) is 3.97. The summed E-state index contributed by atoms with van der Waals surface area (Å²) in [5, 5.41) is 7.12. The summed E-state index contributed by atoms with van der Waals surface area (Å²) in [7, 11) is 3.45. The first kappa shape index (κ1) is 23.6. The van der Waals surface area contributed by atoms with Crippen molar-refractivity contribution in [1.82, 2.24) is 14.7 Å². The highest BCUT2D eigenvalue weighted by Crippen LogP contribution is 2.36. The Morgan fingerprint density at radius 3 is 2.47 bits per heavy atom. The number of fused-ring (bicyclic) bond motifs is 2. The van der Waals surface area contributed by atoms with Crippen molar-refractivity contribution in [3.8, 4) is 11.5 Å². The number of aliphatic carboxylic acids is 1. The van der Waals surface area contributed by atoms with Gasteiger partial charge in [-0.2, -0.15) is 13.2 Å². The molecular formula is C20H24F3N3O6. The van der Waals surface area contributed by atoms with E-state index in [4.69, 9.17) is 19.4 Å². The van der Waals surface area contributed by atoms with E-state index in [1.165, 1.54) is 0 Å². The van der Waals surface area contributed by atoms with Gasteiger partial charge in [-0.05, 0) is 24.1 Å². The van der Waals surface area contributed by atoms with E-state index in [0.29, 0.717) is 6.42 Å². The minimum absolute atomic E-state index is 0.0248. The van der Waals surface area contributed by atoms with E-state index in [2.05, 4.69) is 4.90 Å². The quantitative estimate of drug-likeness (QED) is 0.725. The third kappa shape index (κ3) is 5.23. The number of amides is 2. The van der Waals surface area contributed by atoms with Crippen LogP contribution in [0.5, 0.6) is 11.5 Å². The maximum atomic E-state index is 12.4. The van der Waals surface area contributed by atoms with Crippen LogP contribution in [0.25, 0.3) is 0 Å². The summed E-state index contributed by atoms with van der Waals surface area (Å²) >= 11 is 0. The number of ether oxygens (including phenoxy) is 2. The van der Waals surface area contributed by atoms with Crippen molar-refractivity contribution in [2.24, 2.45) is 0 Å². The molecular weight excluding hydrogens is 435 g/mol. The predicted octanol–water partition coefficient (Wildman–Crippen LogP) is 1.31. The second-order valence-corrected chi connectivity index (χ2v) is 7.90. The van der Waals surface area contributed by atoms with Gasteiger partial charge in [0.05, 0.1) is 0 Å². The normalized spacial score (nSPS) is 21.8. The fourth-order valence-corrected chi connectivity index (χ4v) is 3.97. The van der Waals surface area contributed by atoms with Crippen molar-refractivity contribution in [3.05, 3.63) is 23.8 Å². The summed E-state index contributed by atoms with van der Waals surface area (Å²) in [5.41, 5.74) is 1.15. The van der Waals surface area contributed by atoms with E-state index < -0.39 is 12.1 Å². The first-order chi connectivity index (χ1) is 15.0. The number of nitrogens with zero attached hydrogens (tertiary/aromatic N) is 3. The van der Waals surface area contributed by atoms with E-state index >= 15 is 0 Å². The number of benzene rings is 1. The Hall–Kier alpha value is -3.02. The highest BCUT2D eigenvalue weighted by atomic mass is 19.4. The van der Waals surface area contributed by atoms with Gasteiger partial charge in [-0.3, -0.25) is 14.5 Å². The van der Waals surface area contributed by atoms with Crippen LogP contribution in [0.1, 0.15) is 18.4 Å². The molecule has 1 aromatic rings. The molecule has 0 spiro atoms. The van der Waals surface area contributed by atoms with Crippen LogP contribution < -0.4 is 9.47 Å². The molecule has 3 heterocycles. The number of likely N-dealkylation sites (tertiary alicyclic amines) is 2. The van der Waals surface area contributed by atoms with Crippen molar-refractivity contribution in [3.63, 3.8) is 0 Å². The Bertz CT molecular complexity index is 892. The second-order valence-electron chi connectivity index (χ2n) is 7.90. The number of rotatable bonds is 4. The Balaban J connectivity index is 0.000000360. The van der Waals surface area contributed by atoms with E-state index in [0.717, 1.165) is 36.6 Å². The molecule has 176 valence electrons. The lowest BCUT2D eigenvalue weighted by Crippen LogP contribution is -2.43. The SMILES string of the molecule is CN(C)C(=O)CN1C(=O)C[C@@H]2[C@@H]1CCN2Cc1ccc2c(c1)OCO2.O=C(O)C(F)(F)F. The maximum Gasteiger partial charge on any atom is 0.490 e. The van der Waals surface area contributed by atoms with Crippen LogP contribution >= 0.6 is 0 Å². The van der Waals surface area contributed by atoms with E-state index in [9.17, 15) is 22.8 Å². The molecule has 0 aromatic heterocycles. The number of carbonyl (C=O) groups is 3. The largest absolute Gasteiger partial charge is 0.490 e. The highest BCUT2D eigenvalue weighted by Gasteiger charge is 2.47. The lowest BCUT2D eigenvalue weighted by atomic mass is 10.1. The smallest absolute Gasteiger partial charge is 0.475 e. The number of carboxylic acids is 1. The minimum Gasteiger partial charge on any atom is -0.475 e. The molecule has 0 radical (unpaired) electrons. The molecule has 4 rings (SSSR count). The summed E-state index contributed by atoms with van der Waals surface area (Å²) in [5.74, 6) is -1.13. The van der Waals surface area contributed by atoms with Crippen LogP contribution in [0.3, 0.4) is 0 Å².